The van der Waals surface area contributed by atoms with Crippen molar-refractivity contribution >= 4 is 5.69 Å². The van der Waals surface area contributed by atoms with Gasteiger partial charge in [0.25, 0.3) is 0 Å². The van der Waals surface area contributed by atoms with Crippen LogP contribution in [-0.2, 0) is 11.3 Å². The molecule has 96 valence electrons. The van der Waals surface area contributed by atoms with E-state index in [0.717, 1.165) is 5.56 Å². The molecule has 1 atom stereocenters. The molecule has 0 aliphatic heterocycles. The predicted octanol–water partition coefficient (Wildman–Crippen LogP) is 1.35. The monoisotopic (exact) mass is 247 g/mol. The van der Waals surface area contributed by atoms with E-state index < -0.39 is 0 Å². The minimum atomic E-state index is 0.0576. The van der Waals surface area contributed by atoms with Crippen LogP contribution in [-0.4, -0.2) is 32.9 Å². The lowest BCUT2D eigenvalue weighted by atomic mass is 10.1. The van der Waals surface area contributed by atoms with Crippen LogP contribution >= 0.6 is 0 Å². The van der Waals surface area contributed by atoms with Crippen LogP contribution in [0, 0.1) is 0 Å². The van der Waals surface area contributed by atoms with Gasteiger partial charge in [0, 0.05) is 17.9 Å². The minimum absolute atomic E-state index is 0.0576. The van der Waals surface area contributed by atoms with E-state index >= 15 is 0 Å². The molecule has 2 aromatic rings. The molecule has 1 aromatic heterocycles. The van der Waals surface area contributed by atoms with Crippen molar-refractivity contribution in [2.45, 2.75) is 26.5 Å². The first-order valence-electron chi connectivity index (χ1n) is 5.95. The van der Waals surface area contributed by atoms with E-state index in [1.54, 1.807) is 4.68 Å². The first-order chi connectivity index (χ1) is 8.72. The summed E-state index contributed by atoms with van der Waals surface area (Å²) in [5.41, 5.74) is 7.43. The number of rotatable bonds is 5. The summed E-state index contributed by atoms with van der Waals surface area (Å²) in [7, 11) is 0. The Labute approximate surface area is 106 Å². The lowest BCUT2D eigenvalue weighted by Gasteiger charge is -2.12. The fourth-order valence-corrected chi connectivity index (χ4v) is 1.80. The zero-order valence-electron chi connectivity index (χ0n) is 10.6. The Balaban J connectivity index is 2.25. The summed E-state index contributed by atoms with van der Waals surface area (Å²) >= 11 is 0. The van der Waals surface area contributed by atoms with Crippen molar-refractivity contribution in [1.29, 1.82) is 0 Å². The highest BCUT2D eigenvalue weighted by molar-refractivity contribution is 5.70. The third kappa shape index (κ3) is 2.65. The van der Waals surface area contributed by atoms with Gasteiger partial charge in [0.2, 0.25) is 0 Å². The Morgan fingerprint density at radius 3 is 2.89 bits per heavy atom. The second-order valence-electron chi connectivity index (χ2n) is 4.04. The maximum atomic E-state index is 5.93. The standard InChI is InChI=1S/C12H17N5O/c1-3-18-9(2)8-17-12(14-15-16-17)10-6-4-5-7-11(10)13/h4-7,9H,3,8,13H2,1-2H3. The number of nitrogen functional groups attached to an aromatic ring is 1. The van der Waals surface area contributed by atoms with Gasteiger partial charge in [-0.15, -0.1) is 5.10 Å². The van der Waals surface area contributed by atoms with Gasteiger partial charge in [-0.2, -0.15) is 0 Å². The fourth-order valence-electron chi connectivity index (χ4n) is 1.80. The van der Waals surface area contributed by atoms with Gasteiger partial charge in [-0.1, -0.05) is 12.1 Å². The molecular weight excluding hydrogens is 230 g/mol. The Morgan fingerprint density at radius 1 is 1.39 bits per heavy atom. The predicted molar refractivity (Wildman–Crippen MR) is 68.8 cm³/mol. The molecule has 0 bridgehead atoms. The molecule has 0 radical (unpaired) electrons. The van der Waals surface area contributed by atoms with E-state index in [0.29, 0.717) is 24.7 Å². The Bertz CT molecular complexity index is 511. The van der Waals surface area contributed by atoms with Crippen LogP contribution in [0.4, 0.5) is 5.69 Å². The zero-order chi connectivity index (χ0) is 13.0. The molecule has 0 aliphatic rings. The van der Waals surface area contributed by atoms with E-state index in [9.17, 15) is 0 Å². The molecule has 6 heteroatoms. The third-order valence-electron chi connectivity index (χ3n) is 2.61. The van der Waals surface area contributed by atoms with E-state index in [-0.39, 0.29) is 6.10 Å². The number of benzene rings is 1. The molecule has 1 heterocycles. The van der Waals surface area contributed by atoms with Crippen molar-refractivity contribution in [1.82, 2.24) is 20.2 Å². The van der Waals surface area contributed by atoms with Gasteiger partial charge in [0.1, 0.15) is 0 Å². The lowest BCUT2D eigenvalue weighted by Crippen LogP contribution is -2.18. The number of aromatic nitrogens is 4. The van der Waals surface area contributed by atoms with E-state index in [1.807, 2.05) is 38.1 Å². The normalized spacial score (nSPS) is 12.6. The van der Waals surface area contributed by atoms with Crippen LogP contribution in [0.3, 0.4) is 0 Å². The number of nitrogens with two attached hydrogens (primary N) is 1. The number of nitrogens with zero attached hydrogens (tertiary/aromatic N) is 4. The van der Waals surface area contributed by atoms with Crippen molar-refractivity contribution in [2.75, 3.05) is 12.3 Å². The smallest absolute Gasteiger partial charge is 0.184 e. The second-order valence-corrected chi connectivity index (χ2v) is 4.04. The molecule has 0 fully saturated rings. The van der Waals surface area contributed by atoms with E-state index in [2.05, 4.69) is 15.5 Å². The molecule has 2 N–H and O–H groups in total. The number of tetrazole rings is 1. The van der Waals surface area contributed by atoms with Crippen LogP contribution in [0.5, 0.6) is 0 Å². The first-order valence-corrected chi connectivity index (χ1v) is 5.95. The maximum Gasteiger partial charge on any atom is 0.184 e. The average molecular weight is 247 g/mol. The first kappa shape index (κ1) is 12.5. The highest BCUT2D eigenvalue weighted by atomic mass is 16.5. The quantitative estimate of drug-likeness (QED) is 0.807. The van der Waals surface area contributed by atoms with Gasteiger partial charge >= 0.3 is 0 Å². The SMILES string of the molecule is CCOC(C)Cn1nnnc1-c1ccccc1N. The molecule has 0 saturated carbocycles. The zero-order valence-corrected chi connectivity index (χ0v) is 10.6. The summed E-state index contributed by atoms with van der Waals surface area (Å²) in [6.45, 7) is 5.23. The second kappa shape index (κ2) is 5.59. The van der Waals surface area contributed by atoms with Gasteiger partial charge in [-0.25, -0.2) is 4.68 Å². The summed E-state index contributed by atoms with van der Waals surface area (Å²) in [5, 5.41) is 11.7. The van der Waals surface area contributed by atoms with E-state index in [1.165, 1.54) is 0 Å². The largest absolute Gasteiger partial charge is 0.398 e. The van der Waals surface area contributed by atoms with Gasteiger partial charge in [-0.05, 0) is 36.4 Å². The topological polar surface area (TPSA) is 78.8 Å². The summed E-state index contributed by atoms with van der Waals surface area (Å²) in [6.07, 6.45) is 0.0576. The average Bonchev–Trinajstić information content (AvgIpc) is 2.78. The molecule has 0 amide bonds. The van der Waals surface area contributed by atoms with Crippen LogP contribution in [0.25, 0.3) is 11.4 Å². The number of para-hydroxylation sites is 1. The van der Waals surface area contributed by atoms with Crippen molar-refractivity contribution in [3.63, 3.8) is 0 Å². The summed E-state index contributed by atoms with van der Waals surface area (Å²) in [4.78, 5) is 0. The molecule has 1 unspecified atom stereocenters. The van der Waals surface area contributed by atoms with Crippen molar-refractivity contribution < 1.29 is 4.74 Å². The molecule has 2 rings (SSSR count). The van der Waals surface area contributed by atoms with Crippen molar-refractivity contribution in [3.05, 3.63) is 24.3 Å². The third-order valence-corrected chi connectivity index (χ3v) is 2.61. The Hall–Kier alpha value is -1.95. The molecule has 1 aromatic carbocycles. The van der Waals surface area contributed by atoms with Crippen molar-refractivity contribution in [2.24, 2.45) is 0 Å². The lowest BCUT2D eigenvalue weighted by molar-refractivity contribution is 0.0614. The number of hydrogen-bond donors (Lipinski definition) is 1. The molecule has 0 aliphatic carbocycles. The highest BCUT2D eigenvalue weighted by Gasteiger charge is 2.13. The minimum Gasteiger partial charge on any atom is -0.398 e. The van der Waals surface area contributed by atoms with Gasteiger partial charge in [-0.3, -0.25) is 0 Å². The Morgan fingerprint density at radius 2 is 2.17 bits per heavy atom. The summed E-state index contributed by atoms with van der Waals surface area (Å²) < 4.78 is 7.20. The van der Waals surface area contributed by atoms with E-state index in [4.69, 9.17) is 10.5 Å². The molecule has 0 saturated heterocycles. The number of hydrogen-bond acceptors (Lipinski definition) is 5. The van der Waals surface area contributed by atoms with Crippen LogP contribution in [0.15, 0.2) is 24.3 Å². The van der Waals surface area contributed by atoms with Crippen LogP contribution in [0.1, 0.15) is 13.8 Å². The molecule has 6 nitrogen and oxygen atoms in total. The molecular formula is C12H17N5O. The summed E-state index contributed by atoms with van der Waals surface area (Å²) in [5.74, 6) is 0.666. The summed E-state index contributed by atoms with van der Waals surface area (Å²) in [6, 6.07) is 7.54. The number of ether oxygens (including phenoxy) is 1. The van der Waals surface area contributed by atoms with Gasteiger partial charge in [0.05, 0.1) is 12.6 Å². The maximum absolute atomic E-state index is 5.93. The Kier molecular flexibility index (Phi) is 3.88. The fraction of sp³-hybridized carbons (Fsp3) is 0.417. The molecule has 0 spiro atoms. The highest BCUT2D eigenvalue weighted by Crippen LogP contribution is 2.22. The van der Waals surface area contributed by atoms with Crippen molar-refractivity contribution in [3.8, 4) is 11.4 Å². The molecule has 18 heavy (non-hydrogen) atoms. The number of anilines is 1. The van der Waals surface area contributed by atoms with Crippen LogP contribution in [0.2, 0.25) is 0 Å². The van der Waals surface area contributed by atoms with Gasteiger partial charge in [0.15, 0.2) is 5.82 Å². The van der Waals surface area contributed by atoms with Gasteiger partial charge < -0.3 is 10.5 Å². The van der Waals surface area contributed by atoms with Crippen LogP contribution < -0.4 is 5.73 Å².